The Hall–Kier alpha value is -3.60. The minimum absolute atomic E-state index is 0.388. The van der Waals surface area contributed by atoms with Crippen molar-refractivity contribution in [2.75, 3.05) is 26.3 Å². The lowest BCUT2D eigenvalue weighted by Gasteiger charge is -2.47. The molecule has 4 aromatic rings. The van der Waals surface area contributed by atoms with Crippen LogP contribution >= 0.6 is 0 Å². The first-order chi connectivity index (χ1) is 20.5. The Morgan fingerprint density at radius 2 is 1.71 bits per heavy atom. The van der Waals surface area contributed by atoms with E-state index < -0.39 is 5.54 Å². The van der Waals surface area contributed by atoms with E-state index >= 15 is 0 Å². The Kier molecular flexibility index (Phi) is 9.35. The molecular weight excluding hydrogens is 514 g/mol. The van der Waals surface area contributed by atoms with Crippen LogP contribution in [0.2, 0.25) is 0 Å². The molecule has 42 heavy (non-hydrogen) atoms. The average Bonchev–Trinajstić information content (AvgIpc) is 3.02. The molecule has 2 heterocycles. The highest BCUT2D eigenvalue weighted by Gasteiger charge is 2.43. The number of hydrogen-bond acceptors (Lipinski definition) is 4. The van der Waals surface area contributed by atoms with Crippen LogP contribution in [0.4, 0.5) is 0 Å². The third-order valence-corrected chi connectivity index (χ3v) is 8.54. The van der Waals surface area contributed by atoms with E-state index in [4.69, 9.17) is 14.7 Å². The maximum Gasteiger partial charge on any atom is 0.0949 e. The van der Waals surface area contributed by atoms with Gasteiger partial charge in [0.1, 0.15) is 0 Å². The van der Waals surface area contributed by atoms with Gasteiger partial charge < -0.3 is 4.74 Å². The second kappa shape index (κ2) is 13.1. The Labute approximate surface area is 252 Å². The van der Waals surface area contributed by atoms with Gasteiger partial charge in [-0.15, -0.1) is 0 Å². The van der Waals surface area contributed by atoms with E-state index in [1.54, 1.807) is 0 Å². The molecule has 6 bridgehead atoms. The Balaban J connectivity index is 0.00000173. The number of aliphatic imine (C=N–C) groups is 1. The summed E-state index contributed by atoms with van der Waals surface area (Å²) in [6.45, 7) is 16.0. The van der Waals surface area contributed by atoms with Crippen molar-refractivity contribution in [2.24, 2.45) is 10.9 Å². The van der Waals surface area contributed by atoms with E-state index in [1.165, 1.54) is 49.7 Å². The zero-order valence-electron chi connectivity index (χ0n) is 26.2. The van der Waals surface area contributed by atoms with Crippen LogP contribution in [0.1, 0.15) is 62.4 Å². The number of pyridine rings is 1. The summed E-state index contributed by atoms with van der Waals surface area (Å²) in [4.78, 5) is 12.4. The van der Waals surface area contributed by atoms with Crippen LogP contribution in [-0.2, 0) is 23.1 Å². The second-order valence-corrected chi connectivity index (χ2v) is 11.6. The third kappa shape index (κ3) is 5.71. The number of nitrogens with zero attached hydrogens (tertiary/aromatic N) is 3. The first kappa shape index (κ1) is 29.9. The van der Waals surface area contributed by atoms with Crippen LogP contribution in [0, 0.1) is 12.8 Å². The molecule has 0 radical (unpaired) electrons. The molecule has 1 aromatic heterocycles. The number of benzene rings is 3. The van der Waals surface area contributed by atoms with Crippen LogP contribution in [0.3, 0.4) is 0 Å². The topological polar surface area (TPSA) is 37.7 Å². The van der Waals surface area contributed by atoms with Crippen molar-refractivity contribution in [3.05, 3.63) is 113 Å². The molecule has 0 N–H and O–H groups in total. The maximum atomic E-state index is 5.88. The van der Waals surface area contributed by atoms with Gasteiger partial charge in [0.25, 0.3) is 0 Å². The van der Waals surface area contributed by atoms with E-state index in [0.29, 0.717) is 5.92 Å². The number of morpholine rings is 1. The van der Waals surface area contributed by atoms with Crippen molar-refractivity contribution < 1.29 is 4.74 Å². The molecule has 2 aliphatic rings. The fraction of sp³-hybridized carbons (Fsp3) is 0.368. The molecule has 0 spiro atoms. The molecule has 0 saturated carbocycles. The fourth-order valence-corrected chi connectivity index (χ4v) is 6.50. The number of aromatic nitrogens is 1. The van der Waals surface area contributed by atoms with Crippen molar-refractivity contribution in [2.45, 2.75) is 59.9 Å². The predicted octanol–water partition coefficient (Wildman–Crippen LogP) is 8.54. The average molecular weight is 560 g/mol. The first-order valence-corrected chi connectivity index (χ1v) is 15.6. The smallest absolute Gasteiger partial charge is 0.0949 e. The van der Waals surface area contributed by atoms with Crippen molar-refractivity contribution in [1.82, 2.24) is 9.88 Å². The molecular formula is C38H45N3O. The van der Waals surface area contributed by atoms with E-state index in [9.17, 15) is 0 Å². The third-order valence-electron chi connectivity index (χ3n) is 8.54. The summed E-state index contributed by atoms with van der Waals surface area (Å²) < 4.78 is 5.88. The van der Waals surface area contributed by atoms with Gasteiger partial charge in [0, 0.05) is 42.7 Å². The SMILES string of the molecule is C/C(=C\N=CC(C)C)C1(N2CCOCC2)c2ccc(C)c(c2)CCc2cccc(c2)-c2nccc3ccc1cc23.CC. The monoisotopic (exact) mass is 559 g/mol. The van der Waals surface area contributed by atoms with Crippen LogP contribution in [-0.4, -0.2) is 42.4 Å². The van der Waals surface area contributed by atoms with Crippen molar-refractivity contribution in [1.29, 1.82) is 0 Å². The Morgan fingerprint density at radius 3 is 2.50 bits per heavy atom. The molecule has 1 fully saturated rings. The lowest BCUT2D eigenvalue weighted by molar-refractivity contribution is 0.00108. The quantitative estimate of drug-likeness (QED) is 0.235. The van der Waals surface area contributed by atoms with E-state index in [0.717, 1.165) is 44.8 Å². The number of rotatable bonds is 4. The number of hydrogen-bond donors (Lipinski definition) is 0. The van der Waals surface area contributed by atoms with Crippen LogP contribution in [0.25, 0.3) is 22.0 Å². The molecule has 1 aliphatic heterocycles. The van der Waals surface area contributed by atoms with Gasteiger partial charge in [0.15, 0.2) is 0 Å². The van der Waals surface area contributed by atoms with Gasteiger partial charge in [-0.05, 0) is 89.6 Å². The summed E-state index contributed by atoms with van der Waals surface area (Å²) in [5.41, 5.74) is 9.55. The van der Waals surface area contributed by atoms with Gasteiger partial charge in [-0.2, -0.15) is 0 Å². The summed E-state index contributed by atoms with van der Waals surface area (Å²) in [6, 6.07) is 25.2. The van der Waals surface area contributed by atoms with Gasteiger partial charge in [-0.3, -0.25) is 14.9 Å². The lowest BCUT2D eigenvalue weighted by atomic mass is 9.74. The van der Waals surface area contributed by atoms with E-state index in [2.05, 4.69) is 106 Å². The maximum absolute atomic E-state index is 5.88. The molecule has 4 nitrogen and oxygen atoms in total. The highest BCUT2D eigenvalue weighted by atomic mass is 16.5. The summed E-state index contributed by atoms with van der Waals surface area (Å²) in [7, 11) is 0. The molecule has 3 aromatic carbocycles. The van der Waals surface area contributed by atoms with Crippen molar-refractivity contribution in [3.63, 3.8) is 0 Å². The van der Waals surface area contributed by atoms with Gasteiger partial charge in [-0.25, -0.2) is 0 Å². The Morgan fingerprint density at radius 1 is 0.952 bits per heavy atom. The number of aryl methyl sites for hydroxylation is 3. The molecule has 1 unspecified atom stereocenters. The zero-order chi connectivity index (χ0) is 29.7. The molecule has 4 heteroatoms. The predicted molar refractivity (Wildman–Crippen MR) is 177 cm³/mol. The highest BCUT2D eigenvalue weighted by molar-refractivity contribution is 5.95. The molecule has 1 saturated heterocycles. The van der Waals surface area contributed by atoms with Crippen molar-refractivity contribution >= 4 is 17.0 Å². The van der Waals surface area contributed by atoms with Crippen LogP contribution < -0.4 is 0 Å². The lowest BCUT2D eigenvalue weighted by Crippen LogP contribution is -2.53. The first-order valence-electron chi connectivity index (χ1n) is 15.6. The number of fused-ring (bicyclic) bond motifs is 6. The summed E-state index contributed by atoms with van der Waals surface area (Å²) >= 11 is 0. The molecule has 218 valence electrons. The standard InChI is InChI=1S/C36H39N3O.C2H6/c1-25(2)23-37-24-27(4)36(39-16-18-40-19-17-39)32-12-8-26(3)30(21-32)10-9-28-6-5-7-31(20-28)35-34-22-33(36)13-11-29(34)14-15-38-35;1-2/h5-8,11-15,20-25H,9-10,16-19H2,1-4H3;1-2H3/b27-24+,37-23?;. The normalized spacial score (nSPS) is 19.3. The summed E-state index contributed by atoms with van der Waals surface area (Å²) in [6.07, 6.45) is 8.04. The van der Waals surface area contributed by atoms with Gasteiger partial charge in [0.2, 0.25) is 0 Å². The molecule has 1 atom stereocenters. The zero-order valence-corrected chi connectivity index (χ0v) is 26.2. The summed E-state index contributed by atoms with van der Waals surface area (Å²) in [5, 5.41) is 2.38. The second-order valence-electron chi connectivity index (χ2n) is 11.6. The molecule has 1 aliphatic carbocycles. The van der Waals surface area contributed by atoms with Gasteiger partial charge >= 0.3 is 0 Å². The largest absolute Gasteiger partial charge is 0.379 e. The van der Waals surface area contributed by atoms with Crippen molar-refractivity contribution in [3.8, 4) is 11.3 Å². The highest BCUT2D eigenvalue weighted by Crippen LogP contribution is 2.45. The van der Waals surface area contributed by atoms with Crippen LogP contribution in [0.5, 0.6) is 0 Å². The van der Waals surface area contributed by atoms with Gasteiger partial charge in [0.05, 0.1) is 24.4 Å². The number of ether oxygens (including phenoxy) is 1. The molecule has 6 rings (SSSR count). The van der Waals surface area contributed by atoms with E-state index in [-0.39, 0.29) is 0 Å². The van der Waals surface area contributed by atoms with Gasteiger partial charge in [-0.1, -0.05) is 76.2 Å². The molecule has 0 amide bonds. The minimum atomic E-state index is -0.492. The van der Waals surface area contributed by atoms with Crippen LogP contribution in [0.15, 0.2) is 89.7 Å². The minimum Gasteiger partial charge on any atom is -0.379 e. The van der Waals surface area contributed by atoms with E-state index in [1.807, 2.05) is 26.3 Å². The summed E-state index contributed by atoms with van der Waals surface area (Å²) in [5.74, 6) is 0.388. The fourth-order valence-electron chi connectivity index (χ4n) is 6.50. The Bertz CT molecular complexity index is 1600.